The summed E-state index contributed by atoms with van der Waals surface area (Å²) in [6.07, 6.45) is 2.88. The van der Waals surface area contributed by atoms with Crippen molar-refractivity contribution in [1.82, 2.24) is 9.88 Å². The number of rotatable bonds is 4. The molecule has 0 spiro atoms. The van der Waals surface area contributed by atoms with Crippen molar-refractivity contribution in [2.45, 2.75) is 0 Å². The second-order valence-electron chi connectivity index (χ2n) is 4.92. The molecule has 0 radical (unpaired) electrons. The second-order valence-corrected chi connectivity index (χ2v) is 5.33. The lowest BCUT2D eigenvalue weighted by Crippen LogP contribution is -2.22. The number of methoxy groups -OCH3 is 1. The van der Waals surface area contributed by atoms with Crippen LogP contribution in [0.2, 0.25) is 5.02 Å². The van der Waals surface area contributed by atoms with Gasteiger partial charge in [-0.05, 0) is 24.3 Å². The van der Waals surface area contributed by atoms with E-state index >= 15 is 0 Å². The van der Waals surface area contributed by atoms with E-state index in [-0.39, 0.29) is 16.8 Å². The summed E-state index contributed by atoms with van der Waals surface area (Å²) in [4.78, 5) is 29.7. The van der Waals surface area contributed by atoms with E-state index in [4.69, 9.17) is 16.3 Å². The lowest BCUT2D eigenvalue weighted by molar-refractivity contribution is 0.0824. The number of hydrogen-bond donors (Lipinski definition) is 1. The number of anilines is 1. The summed E-state index contributed by atoms with van der Waals surface area (Å²) in [6, 6.07) is 6.36. The Hall–Kier alpha value is -2.60. The van der Waals surface area contributed by atoms with Crippen molar-refractivity contribution in [3.63, 3.8) is 0 Å². The molecule has 2 rings (SSSR count). The van der Waals surface area contributed by atoms with Gasteiger partial charge in [-0.25, -0.2) is 0 Å². The van der Waals surface area contributed by atoms with E-state index in [1.54, 1.807) is 32.3 Å². The number of nitrogens with one attached hydrogen (secondary N) is 1. The van der Waals surface area contributed by atoms with Crippen LogP contribution in [0.15, 0.2) is 36.7 Å². The second kappa shape index (κ2) is 7.11. The SMILES string of the molecule is COc1ccc(NC(=O)c2ccncc2Cl)cc1C(=O)N(C)C. The molecule has 0 atom stereocenters. The van der Waals surface area contributed by atoms with Gasteiger partial charge in [-0.2, -0.15) is 0 Å². The van der Waals surface area contributed by atoms with Crippen LogP contribution >= 0.6 is 11.6 Å². The Kier molecular flexibility index (Phi) is 5.18. The first-order chi connectivity index (χ1) is 10.9. The van der Waals surface area contributed by atoms with Crippen molar-refractivity contribution in [2.75, 3.05) is 26.5 Å². The third-order valence-electron chi connectivity index (χ3n) is 3.11. The number of ether oxygens (including phenoxy) is 1. The Morgan fingerprint density at radius 3 is 2.57 bits per heavy atom. The standard InChI is InChI=1S/C16H16ClN3O3/c1-20(2)16(22)12-8-10(4-5-14(12)23-3)19-15(21)11-6-7-18-9-13(11)17/h4-9H,1-3H3,(H,19,21). The predicted octanol–water partition coefficient (Wildman–Crippen LogP) is 2.70. The monoisotopic (exact) mass is 333 g/mol. The minimum absolute atomic E-state index is 0.222. The molecule has 1 N–H and O–H groups in total. The molecule has 1 aromatic heterocycles. The van der Waals surface area contributed by atoms with Crippen molar-refractivity contribution in [1.29, 1.82) is 0 Å². The summed E-state index contributed by atoms with van der Waals surface area (Å²) in [6.45, 7) is 0. The Labute approximate surface area is 139 Å². The smallest absolute Gasteiger partial charge is 0.257 e. The number of amides is 2. The van der Waals surface area contributed by atoms with Crippen molar-refractivity contribution in [3.8, 4) is 5.75 Å². The summed E-state index contributed by atoms with van der Waals surface area (Å²) >= 11 is 5.95. The summed E-state index contributed by atoms with van der Waals surface area (Å²) in [5.74, 6) is -0.172. The molecule has 2 amide bonds. The van der Waals surface area contributed by atoms with Gasteiger partial charge in [0.25, 0.3) is 11.8 Å². The van der Waals surface area contributed by atoms with Gasteiger partial charge >= 0.3 is 0 Å². The Morgan fingerprint density at radius 1 is 1.22 bits per heavy atom. The number of carbonyl (C=O) groups excluding carboxylic acids is 2. The molecular formula is C16H16ClN3O3. The van der Waals surface area contributed by atoms with Crippen molar-refractivity contribution < 1.29 is 14.3 Å². The zero-order valence-corrected chi connectivity index (χ0v) is 13.7. The van der Waals surface area contributed by atoms with E-state index in [0.717, 1.165) is 0 Å². The average Bonchev–Trinajstić information content (AvgIpc) is 2.54. The fraction of sp³-hybridized carbons (Fsp3) is 0.188. The van der Waals surface area contributed by atoms with Gasteiger partial charge < -0.3 is 15.0 Å². The molecule has 0 aliphatic rings. The van der Waals surface area contributed by atoms with Gasteiger partial charge in [0.05, 0.1) is 23.3 Å². The van der Waals surface area contributed by atoms with E-state index in [9.17, 15) is 9.59 Å². The van der Waals surface area contributed by atoms with Crippen molar-refractivity contribution in [2.24, 2.45) is 0 Å². The fourth-order valence-corrected chi connectivity index (χ4v) is 2.16. The molecule has 0 saturated heterocycles. The zero-order chi connectivity index (χ0) is 17.0. The van der Waals surface area contributed by atoms with Crippen LogP contribution in [0.4, 0.5) is 5.69 Å². The van der Waals surface area contributed by atoms with Crippen LogP contribution < -0.4 is 10.1 Å². The number of halogens is 1. The molecule has 6 nitrogen and oxygen atoms in total. The predicted molar refractivity (Wildman–Crippen MR) is 88.2 cm³/mol. The van der Waals surface area contributed by atoms with Gasteiger partial charge in [0.2, 0.25) is 0 Å². The van der Waals surface area contributed by atoms with Gasteiger partial charge in [-0.3, -0.25) is 14.6 Å². The van der Waals surface area contributed by atoms with Gasteiger partial charge in [0.15, 0.2) is 0 Å². The van der Waals surface area contributed by atoms with Crippen LogP contribution in [0, 0.1) is 0 Å². The molecule has 120 valence electrons. The van der Waals surface area contributed by atoms with Gasteiger partial charge in [-0.15, -0.1) is 0 Å². The largest absolute Gasteiger partial charge is 0.496 e. The molecule has 0 saturated carbocycles. The molecule has 1 aromatic carbocycles. The Bertz CT molecular complexity index is 747. The zero-order valence-electron chi connectivity index (χ0n) is 13.0. The molecule has 2 aromatic rings. The lowest BCUT2D eigenvalue weighted by atomic mass is 10.1. The van der Waals surface area contributed by atoms with Crippen LogP contribution in [0.25, 0.3) is 0 Å². The fourth-order valence-electron chi connectivity index (χ4n) is 1.95. The number of nitrogens with zero attached hydrogens (tertiary/aromatic N) is 2. The summed E-state index contributed by atoms with van der Waals surface area (Å²) in [5, 5.41) is 2.96. The first kappa shape index (κ1) is 16.8. The average molecular weight is 334 g/mol. The minimum atomic E-state index is -0.384. The molecule has 0 aliphatic carbocycles. The van der Waals surface area contributed by atoms with Crippen LogP contribution in [-0.4, -0.2) is 42.9 Å². The summed E-state index contributed by atoms with van der Waals surface area (Å²) < 4.78 is 5.19. The maximum absolute atomic E-state index is 12.3. The molecule has 0 unspecified atom stereocenters. The number of carbonyl (C=O) groups is 2. The molecule has 0 bridgehead atoms. The van der Waals surface area contributed by atoms with Gasteiger partial charge in [0, 0.05) is 32.2 Å². The quantitative estimate of drug-likeness (QED) is 0.933. The minimum Gasteiger partial charge on any atom is -0.496 e. The van der Waals surface area contributed by atoms with Crippen molar-refractivity contribution >= 4 is 29.1 Å². The number of pyridine rings is 1. The highest BCUT2D eigenvalue weighted by Gasteiger charge is 2.16. The van der Waals surface area contributed by atoms with E-state index in [0.29, 0.717) is 22.6 Å². The molecule has 0 aliphatic heterocycles. The first-order valence-electron chi connectivity index (χ1n) is 6.74. The van der Waals surface area contributed by atoms with Crippen LogP contribution in [0.3, 0.4) is 0 Å². The van der Waals surface area contributed by atoms with Crippen LogP contribution in [-0.2, 0) is 0 Å². The topological polar surface area (TPSA) is 71.5 Å². The molecule has 1 heterocycles. The van der Waals surface area contributed by atoms with Gasteiger partial charge in [-0.1, -0.05) is 11.6 Å². The number of hydrogen-bond acceptors (Lipinski definition) is 4. The van der Waals surface area contributed by atoms with E-state index in [1.165, 1.54) is 30.5 Å². The number of aromatic nitrogens is 1. The molecule has 0 fully saturated rings. The molecular weight excluding hydrogens is 318 g/mol. The highest BCUT2D eigenvalue weighted by Crippen LogP contribution is 2.24. The Morgan fingerprint density at radius 2 is 1.96 bits per heavy atom. The molecule has 23 heavy (non-hydrogen) atoms. The summed E-state index contributed by atoms with van der Waals surface area (Å²) in [5.41, 5.74) is 1.13. The van der Waals surface area contributed by atoms with Gasteiger partial charge in [0.1, 0.15) is 5.75 Å². The summed E-state index contributed by atoms with van der Waals surface area (Å²) in [7, 11) is 4.77. The van der Waals surface area contributed by atoms with Crippen LogP contribution in [0.1, 0.15) is 20.7 Å². The maximum atomic E-state index is 12.3. The number of benzene rings is 1. The van der Waals surface area contributed by atoms with E-state index in [1.807, 2.05) is 0 Å². The van der Waals surface area contributed by atoms with E-state index < -0.39 is 0 Å². The van der Waals surface area contributed by atoms with Crippen molar-refractivity contribution in [3.05, 3.63) is 52.8 Å². The maximum Gasteiger partial charge on any atom is 0.257 e. The van der Waals surface area contributed by atoms with E-state index in [2.05, 4.69) is 10.3 Å². The van der Waals surface area contributed by atoms with Crippen LogP contribution in [0.5, 0.6) is 5.75 Å². The highest BCUT2D eigenvalue weighted by molar-refractivity contribution is 6.34. The third kappa shape index (κ3) is 3.78. The highest BCUT2D eigenvalue weighted by atomic mass is 35.5. The third-order valence-corrected chi connectivity index (χ3v) is 3.41. The normalized spacial score (nSPS) is 10.1. The molecule has 7 heteroatoms. The Balaban J connectivity index is 2.31. The first-order valence-corrected chi connectivity index (χ1v) is 7.12. The lowest BCUT2D eigenvalue weighted by Gasteiger charge is -2.15.